The number of hydrogen-bond acceptors (Lipinski definition) is 4. The minimum Gasteiger partial charge on any atom is -0.339 e. The van der Waals surface area contributed by atoms with Gasteiger partial charge in [0.1, 0.15) is 0 Å². The molecule has 0 radical (unpaired) electrons. The summed E-state index contributed by atoms with van der Waals surface area (Å²) >= 11 is 1.52. The van der Waals surface area contributed by atoms with Gasteiger partial charge in [0, 0.05) is 31.0 Å². The van der Waals surface area contributed by atoms with E-state index in [1.165, 1.54) is 11.8 Å². The first-order valence-corrected chi connectivity index (χ1v) is 10.8. The number of benzene rings is 2. The number of rotatable bonds is 6. The average Bonchev–Trinajstić information content (AvgIpc) is 3.29. The quantitative estimate of drug-likeness (QED) is 0.352. The number of carbonyl (C=O) groups excluding carboxylic acids is 1. The molecule has 0 spiro atoms. The molecule has 3 aromatic rings. The van der Waals surface area contributed by atoms with Crippen LogP contribution in [0.3, 0.4) is 0 Å². The number of allylic oxidation sites excluding steroid dienone is 1. The van der Waals surface area contributed by atoms with Crippen LogP contribution in [0.4, 0.5) is 0 Å². The minimum absolute atomic E-state index is 0.0513. The summed E-state index contributed by atoms with van der Waals surface area (Å²) in [6.45, 7) is 5.89. The van der Waals surface area contributed by atoms with E-state index in [9.17, 15) is 9.59 Å². The number of fused-ring (bicyclic) bond motifs is 1. The Bertz CT molecular complexity index is 1100. The maximum atomic E-state index is 12.8. The number of nitrogens with zero attached hydrogens (tertiary/aromatic N) is 3. The summed E-state index contributed by atoms with van der Waals surface area (Å²) in [6.07, 6.45) is 3.89. The van der Waals surface area contributed by atoms with E-state index >= 15 is 0 Å². The lowest BCUT2D eigenvalue weighted by Crippen LogP contribution is -2.27. The molecular weight excluding hydrogens is 382 g/mol. The Balaban J connectivity index is 1.53. The zero-order chi connectivity index (χ0) is 20.2. The average molecular weight is 406 g/mol. The van der Waals surface area contributed by atoms with Crippen LogP contribution < -0.4 is 5.56 Å². The molecule has 6 heteroatoms. The SMILES string of the molecule is C=CCn1c(SCc2ccc(C(=O)N3CCCC3)cc2)nc2ccccc2c1=O. The maximum Gasteiger partial charge on any atom is 0.262 e. The van der Waals surface area contributed by atoms with Gasteiger partial charge in [-0.1, -0.05) is 42.1 Å². The molecule has 29 heavy (non-hydrogen) atoms. The lowest BCUT2D eigenvalue weighted by molar-refractivity contribution is 0.0793. The van der Waals surface area contributed by atoms with E-state index in [4.69, 9.17) is 0 Å². The minimum atomic E-state index is -0.0513. The number of likely N-dealkylation sites (tertiary alicyclic amines) is 1. The van der Waals surface area contributed by atoms with Crippen molar-refractivity contribution in [1.29, 1.82) is 0 Å². The predicted octanol–water partition coefficient (Wildman–Crippen LogP) is 4.11. The second-order valence-electron chi connectivity index (χ2n) is 7.10. The van der Waals surface area contributed by atoms with Crippen LogP contribution in [0, 0.1) is 0 Å². The molecule has 0 unspecified atom stereocenters. The van der Waals surface area contributed by atoms with Crippen molar-refractivity contribution < 1.29 is 4.79 Å². The third-order valence-corrected chi connectivity index (χ3v) is 6.15. The van der Waals surface area contributed by atoms with Crippen molar-refractivity contribution in [3.63, 3.8) is 0 Å². The van der Waals surface area contributed by atoms with E-state index < -0.39 is 0 Å². The Morgan fingerprint density at radius 1 is 1.10 bits per heavy atom. The Morgan fingerprint density at radius 2 is 1.83 bits per heavy atom. The molecule has 0 bridgehead atoms. The fraction of sp³-hybridized carbons (Fsp3) is 0.261. The number of hydrogen-bond donors (Lipinski definition) is 0. The van der Waals surface area contributed by atoms with Crippen LogP contribution in [0.5, 0.6) is 0 Å². The van der Waals surface area contributed by atoms with Gasteiger partial charge in [-0.25, -0.2) is 4.98 Å². The van der Waals surface area contributed by atoms with Gasteiger partial charge in [-0.2, -0.15) is 0 Å². The molecule has 1 fully saturated rings. The molecule has 1 amide bonds. The first-order chi connectivity index (χ1) is 14.2. The Hall–Kier alpha value is -2.86. The van der Waals surface area contributed by atoms with Crippen molar-refractivity contribution in [2.75, 3.05) is 13.1 Å². The largest absolute Gasteiger partial charge is 0.339 e. The zero-order valence-electron chi connectivity index (χ0n) is 16.2. The van der Waals surface area contributed by atoms with Gasteiger partial charge in [-0.15, -0.1) is 6.58 Å². The molecule has 2 heterocycles. The highest BCUT2D eigenvalue weighted by atomic mass is 32.2. The molecule has 5 nitrogen and oxygen atoms in total. The summed E-state index contributed by atoms with van der Waals surface area (Å²) < 4.78 is 1.66. The summed E-state index contributed by atoms with van der Waals surface area (Å²) in [5, 5.41) is 1.29. The summed E-state index contributed by atoms with van der Waals surface area (Å²) in [5.74, 6) is 0.776. The van der Waals surface area contributed by atoms with Gasteiger partial charge < -0.3 is 4.90 Å². The topological polar surface area (TPSA) is 55.2 Å². The summed E-state index contributed by atoms with van der Waals surface area (Å²) in [6, 6.07) is 15.1. The lowest BCUT2D eigenvalue weighted by Gasteiger charge is -2.15. The fourth-order valence-electron chi connectivity index (χ4n) is 3.54. The molecule has 1 aliphatic heterocycles. The van der Waals surface area contributed by atoms with Gasteiger partial charge in [0.15, 0.2) is 5.16 Å². The number of para-hydroxylation sites is 1. The van der Waals surface area contributed by atoms with Crippen LogP contribution in [0.2, 0.25) is 0 Å². The third kappa shape index (κ3) is 4.12. The van der Waals surface area contributed by atoms with Crippen LogP contribution >= 0.6 is 11.8 Å². The summed E-state index contributed by atoms with van der Waals surface area (Å²) in [5.41, 5.74) is 2.46. The second kappa shape index (κ2) is 8.66. The standard InChI is InChI=1S/C23H23N3O2S/c1-2-13-26-22(28)19-7-3-4-8-20(19)24-23(26)29-16-17-9-11-18(12-10-17)21(27)25-14-5-6-15-25/h2-4,7-12H,1,5-6,13-16H2. The molecule has 0 N–H and O–H groups in total. The third-order valence-electron chi connectivity index (χ3n) is 5.10. The normalized spacial score (nSPS) is 13.7. The summed E-state index contributed by atoms with van der Waals surface area (Å²) in [4.78, 5) is 31.9. The molecular formula is C23H23N3O2S. The predicted molar refractivity (Wildman–Crippen MR) is 117 cm³/mol. The molecule has 148 valence electrons. The van der Waals surface area contributed by atoms with Gasteiger partial charge >= 0.3 is 0 Å². The molecule has 0 aliphatic carbocycles. The van der Waals surface area contributed by atoms with Crippen LogP contribution in [0.25, 0.3) is 10.9 Å². The molecule has 1 aliphatic rings. The Morgan fingerprint density at radius 3 is 2.55 bits per heavy atom. The number of carbonyl (C=O) groups is 1. The summed E-state index contributed by atoms with van der Waals surface area (Å²) in [7, 11) is 0. The number of amides is 1. The maximum absolute atomic E-state index is 12.8. The van der Waals surface area contributed by atoms with E-state index in [1.54, 1.807) is 16.7 Å². The lowest BCUT2D eigenvalue weighted by atomic mass is 10.1. The van der Waals surface area contributed by atoms with Crippen molar-refractivity contribution in [2.24, 2.45) is 0 Å². The molecule has 2 aromatic carbocycles. The van der Waals surface area contributed by atoms with E-state index in [2.05, 4.69) is 11.6 Å². The van der Waals surface area contributed by atoms with Crippen LogP contribution in [0.1, 0.15) is 28.8 Å². The van der Waals surface area contributed by atoms with Gasteiger partial charge in [-0.3, -0.25) is 14.2 Å². The van der Waals surface area contributed by atoms with Crippen molar-refractivity contribution in [1.82, 2.24) is 14.5 Å². The molecule has 1 saturated heterocycles. The highest BCUT2D eigenvalue weighted by Gasteiger charge is 2.19. The van der Waals surface area contributed by atoms with Crippen molar-refractivity contribution in [3.8, 4) is 0 Å². The van der Waals surface area contributed by atoms with E-state index in [-0.39, 0.29) is 11.5 Å². The number of thioether (sulfide) groups is 1. The molecule has 0 saturated carbocycles. The first kappa shape index (κ1) is 19.5. The highest BCUT2D eigenvalue weighted by Crippen LogP contribution is 2.23. The molecule has 1 aromatic heterocycles. The molecule has 4 rings (SSSR count). The fourth-order valence-corrected chi connectivity index (χ4v) is 4.51. The van der Waals surface area contributed by atoms with Crippen molar-refractivity contribution in [3.05, 3.63) is 82.7 Å². The second-order valence-corrected chi connectivity index (χ2v) is 8.04. The number of aromatic nitrogens is 2. The van der Waals surface area contributed by atoms with Gasteiger partial charge in [-0.05, 0) is 42.7 Å². The Kier molecular flexibility index (Phi) is 5.81. The zero-order valence-corrected chi connectivity index (χ0v) is 17.0. The van der Waals surface area contributed by atoms with Crippen LogP contribution in [-0.4, -0.2) is 33.4 Å². The van der Waals surface area contributed by atoms with Gasteiger partial charge in [0.2, 0.25) is 0 Å². The monoisotopic (exact) mass is 405 g/mol. The van der Waals surface area contributed by atoms with Gasteiger partial charge in [0.25, 0.3) is 11.5 Å². The van der Waals surface area contributed by atoms with E-state index in [0.717, 1.165) is 37.1 Å². The van der Waals surface area contributed by atoms with Crippen molar-refractivity contribution >= 4 is 28.6 Å². The van der Waals surface area contributed by atoms with E-state index in [0.29, 0.717) is 28.4 Å². The highest BCUT2D eigenvalue weighted by molar-refractivity contribution is 7.98. The first-order valence-electron chi connectivity index (χ1n) is 9.79. The molecule has 0 atom stereocenters. The van der Waals surface area contributed by atoms with Crippen LogP contribution in [0.15, 0.2) is 71.1 Å². The van der Waals surface area contributed by atoms with Crippen molar-refractivity contribution in [2.45, 2.75) is 30.3 Å². The smallest absolute Gasteiger partial charge is 0.262 e. The Labute approximate surface area is 174 Å². The van der Waals surface area contributed by atoms with Gasteiger partial charge in [0.05, 0.1) is 10.9 Å². The van der Waals surface area contributed by atoms with E-state index in [1.807, 2.05) is 47.4 Å². The van der Waals surface area contributed by atoms with Crippen LogP contribution in [-0.2, 0) is 12.3 Å².